The molecule has 0 spiro atoms. The SMILES string of the molecule is C=CC(=O)N1CCC(N2N[C@@H](C#Cc3c(F)c(OC)cc(OC)c3F)c3c(N)ncc(C(=O)NCCOC)c32)C1. The van der Waals surface area contributed by atoms with Crippen LogP contribution in [0.3, 0.4) is 0 Å². The van der Waals surface area contributed by atoms with Gasteiger partial charge in [0, 0.05) is 39.0 Å². The minimum Gasteiger partial charge on any atom is -0.493 e. The van der Waals surface area contributed by atoms with Gasteiger partial charge in [0.25, 0.3) is 5.91 Å². The maximum atomic E-state index is 15.0. The summed E-state index contributed by atoms with van der Waals surface area (Å²) in [5, 5.41) is 4.50. The van der Waals surface area contributed by atoms with Crippen molar-refractivity contribution in [3.05, 3.63) is 53.2 Å². The first kappa shape index (κ1) is 28.6. The van der Waals surface area contributed by atoms with Crippen molar-refractivity contribution in [2.24, 2.45) is 0 Å². The first-order chi connectivity index (χ1) is 19.2. The number of amides is 2. The summed E-state index contributed by atoms with van der Waals surface area (Å²) in [6, 6.07) is -0.0745. The van der Waals surface area contributed by atoms with E-state index in [2.05, 4.69) is 34.1 Å². The van der Waals surface area contributed by atoms with E-state index in [1.165, 1.54) is 33.6 Å². The molecule has 0 saturated carbocycles. The number of nitrogen functional groups attached to an aromatic ring is 1. The Morgan fingerprint density at radius 2 is 1.98 bits per heavy atom. The van der Waals surface area contributed by atoms with Crippen LogP contribution in [-0.2, 0) is 9.53 Å². The molecule has 11 nitrogen and oxygen atoms in total. The van der Waals surface area contributed by atoms with Gasteiger partial charge in [0.1, 0.15) is 17.4 Å². The molecule has 1 unspecified atom stereocenters. The number of hydrogen-bond donors (Lipinski definition) is 3. The summed E-state index contributed by atoms with van der Waals surface area (Å²) in [4.78, 5) is 31.2. The molecule has 2 aliphatic rings. The van der Waals surface area contributed by atoms with Crippen LogP contribution in [0.25, 0.3) is 0 Å². The lowest BCUT2D eigenvalue weighted by Crippen LogP contribution is -2.45. The van der Waals surface area contributed by atoms with Crippen LogP contribution in [0.5, 0.6) is 11.5 Å². The summed E-state index contributed by atoms with van der Waals surface area (Å²) in [7, 11) is 4.00. The van der Waals surface area contributed by atoms with Gasteiger partial charge in [-0.05, 0) is 12.5 Å². The summed E-state index contributed by atoms with van der Waals surface area (Å²) < 4.78 is 45.0. The number of halogens is 2. The fourth-order valence-electron chi connectivity index (χ4n) is 4.69. The highest BCUT2D eigenvalue weighted by Crippen LogP contribution is 2.41. The van der Waals surface area contributed by atoms with Crippen LogP contribution in [0.1, 0.15) is 33.9 Å². The monoisotopic (exact) mass is 556 g/mol. The number of carbonyl (C=O) groups is 2. The van der Waals surface area contributed by atoms with Crippen molar-refractivity contribution < 1.29 is 32.6 Å². The molecule has 13 heteroatoms. The van der Waals surface area contributed by atoms with E-state index in [1.807, 2.05) is 0 Å². The fourth-order valence-corrected chi connectivity index (χ4v) is 4.69. The van der Waals surface area contributed by atoms with Crippen LogP contribution in [0.4, 0.5) is 20.3 Å². The Kier molecular flexibility index (Phi) is 8.71. The predicted octanol–water partition coefficient (Wildman–Crippen LogP) is 1.54. The zero-order valence-electron chi connectivity index (χ0n) is 22.3. The molecule has 212 valence electrons. The van der Waals surface area contributed by atoms with Gasteiger partial charge in [-0.25, -0.2) is 19.2 Å². The Morgan fingerprint density at radius 3 is 2.60 bits per heavy atom. The number of methoxy groups -OCH3 is 3. The van der Waals surface area contributed by atoms with Crippen molar-refractivity contribution in [1.82, 2.24) is 20.6 Å². The zero-order chi connectivity index (χ0) is 29.0. The molecule has 2 amide bonds. The molecule has 1 saturated heterocycles. The summed E-state index contributed by atoms with van der Waals surface area (Å²) >= 11 is 0. The molecule has 40 heavy (non-hydrogen) atoms. The smallest absolute Gasteiger partial charge is 0.255 e. The van der Waals surface area contributed by atoms with Crippen molar-refractivity contribution in [2.45, 2.75) is 18.5 Å². The second-order valence-electron chi connectivity index (χ2n) is 8.98. The third-order valence-electron chi connectivity index (χ3n) is 6.68. The van der Waals surface area contributed by atoms with Crippen molar-refractivity contribution in [1.29, 1.82) is 0 Å². The lowest BCUT2D eigenvalue weighted by Gasteiger charge is -2.28. The average molecular weight is 557 g/mol. The Morgan fingerprint density at radius 1 is 1.27 bits per heavy atom. The van der Waals surface area contributed by atoms with Crippen LogP contribution in [0.15, 0.2) is 24.9 Å². The number of benzene rings is 1. The molecule has 0 bridgehead atoms. The molecule has 0 aliphatic carbocycles. The van der Waals surface area contributed by atoms with E-state index < -0.39 is 29.1 Å². The van der Waals surface area contributed by atoms with E-state index in [0.29, 0.717) is 37.4 Å². The van der Waals surface area contributed by atoms with Gasteiger partial charge in [-0.2, -0.15) is 0 Å². The Hall–Kier alpha value is -4.41. The third kappa shape index (κ3) is 5.36. The van der Waals surface area contributed by atoms with Crippen molar-refractivity contribution >= 4 is 23.3 Å². The largest absolute Gasteiger partial charge is 0.493 e. The molecule has 1 aromatic heterocycles. The van der Waals surface area contributed by atoms with Crippen molar-refractivity contribution in [3.63, 3.8) is 0 Å². The first-order valence-corrected chi connectivity index (χ1v) is 12.4. The van der Waals surface area contributed by atoms with E-state index in [9.17, 15) is 18.4 Å². The number of nitrogens with two attached hydrogens (primary N) is 1. The van der Waals surface area contributed by atoms with E-state index in [0.717, 1.165) is 6.07 Å². The van der Waals surface area contributed by atoms with Gasteiger partial charge < -0.3 is 35.2 Å². The van der Waals surface area contributed by atoms with E-state index in [1.54, 1.807) is 9.91 Å². The van der Waals surface area contributed by atoms with Crippen molar-refractivity contribution in [2.75, 3.05) is 58.3 Å². The van der Waals surface area contributed by atoms with Gasteiger partial charge >= 0.3 is 0 Å². The number of nitrogens with zero attached hydrogens (tertiary/aromatic N) is 3. The Bertz CT molecular complexity index is 1360. The zero-order valence-corrected chi connectivity index (χ0v) is 22.3. The number of rotatable bonds is 8. The molecule has 2 aromatic rings. The van der Waals surface area contributed by atoms with Gasteiger partial charge in [-0.3, -0.25) is 9.59 Å². The van der Waals surface area contributed by atoms with E-state index in [4.69, 9.17) is 19.9 Å². The van der Waals surface area contributed by atoms with E-state index >= 15 is 0 Å². The van der Waals surface area contributed by atoms with Crippen LogP contribution in [0, 0.1) is 23.5 Å². The average Bonchev–Trinajstić information content (AvgIpc) is 3.59. The standard InChI is InChI=1S/C27H30F2N6O5/c1-5-21(36)34-10-8-15(14-34)35-25-17(27(37)31-9-11-38-2)13-32-26(30)22(25)18(33-35)7-6-16-23(28)19(39-3)12-20(40-4)24(16)29/h5,12-13,15,18,33H,1,8-11,14H2,2-4H3,(H2,30,32)(H,31,37)/t15?,18-/m0/s1. The molecule has 2 aliphatic heterocycles. The molecule has 0 radical (unpaired) electrons. The van der Waals surface area contributed by atoms with Gasteiger partial charge in [-0.1, -0.05) is 18.4 Å². The molecular weight excluding hydrogens is 526 g/mol. The highest BCUT2D eigenvalue weighted by Gasteiger charge is 2.40. The van der Waals surface area contributed by atoms with Gasteiger partial charge in [0.15, 0.2) is 23.1 Å². The van der Waals surface area contributed by atoms with Crippen molar-refractivity contribution in [3.8, 4) is 23.3 Å². The second-order valence-corrected chi connectivity index (χ2v) is 8.98. The number of hydrogen-bond acceptors (Lipinski definition) is 9. The summed E-state index contributed by atoms with van der Waals surface area (Å²) in [6.07, 6.45) is 3.16. The second kappa shape index (κ2) is 12.2. The predicted molar refractivity (Wildman–Crippen MR) is 143 cm³/mol. The lowest BCUT2D eigenvalue weighted by molar-refractivity contribution is -0.125. The van der Waals surface area contributed by atoms with Crippen LogP contribution >= 0.6 is 0 Å². The van der Waals surface area contributed by atoms with Gasteiger partial charge in [-0.15, -0.1) is 0 Å². The molecule has 4 rings (SSSR count). The Balaban J connectivity index is 1.79. The molecular formula is C27H30F2N6O5. The van der Waals surface area contributed by atoms with Crippen LogP contribution in [-0.4, -0.2) is 75.3 Å². The number of carbonyl (C=O) groups excluding carboxylic acids is 2. The molecule has 2 atom stereocenters. The van der Waals surface area contributed by atoms with Gasteiger partial charge in [0.05, 0.1) is 43.7 Å². The number of nitrogens with one attached hydrogen (secondary N) is 2. The fraction of sp³-hybridized carbons (Fsp3) is 0.370. The topological polar surface area (TPSA) is 131 Å². The number of anilines is 2. The van der Waals surface area contributed by atoms with E-state index in [-0.39, 0.29) is 41.4 Å². The number of aromatic nitrogens is 1. The third-order valence-corrected chi connectivity index (χ3v) is 6.68. The maximum Gasteiger partial charge on any atom is 0.255 e. The number of hydrazine groups is 1. The molecule has 1 aromatic carbocycles. The quantitative estimate of drug-likeness (QED) is 0.252. The molecule has 1 fully saturated rings. The number of pyridine rings is 1. The summed E-state index contributed by atoms with van der Waals surface area (Å²) in [5.41, 5.74) is 9.93. The van der Waals surface area contributed by atoms with Crippen LogP contribution < -0.4 is 31.0 Å². The number of likely N-dealkylation sites (tertiary alicyclic amines) is 1. The summed E-state index contributed by atoms with van der Waals surface area (Å²) in [5.74, 6) is 2.37. The summed E-state index contributed by atoms with van der Waals surface area (Å²) in [6.45, 7) is 4.90. The Labute approximate surface area is 230 Å². The highest BCUT2D eigenvalue weighted by atomic mass is 19.1. The number of ether oxygens (including phenoxy) is 3. The minimum atomic E-state index is -0.991. The normalized spacial score (nSPS) is 17.6. The number of fused-ring (bicyclic) bond motifs is 1. The highest BCUT2D eigenvalue weighted by molar-refractivity contribution is 6.01. The van der Waals surface area contributed by atoms with Crippen LogP contribution in [0.2, 0.25) is 0 Å². The lowest BCUT2D eigenvalue weighted by atomic mass is 10.0. The minimum absolute atomic E-state index is 0.0823. The van der Waals surface area contributed by atoms with Gasteiger partial charge in [0.2, 0.25) is 5.91 Å². The first-order valence-electron chi connectivity index (χ1n) is 12.4. The molecule has 3 heterocycles. The molecule has 4 N–H and O–H groups in total. The maximum absolute atomic E-state index is 15.0.